The molecule has 2 aromatic heterocycles. The zero-order chi connectivity index (χ0) is 18.9. The fourth-order valence-electron chi connectivity index (χ4n) is 2.26. The molecule has 2 heterocycles. The molecule has 2 N–H and O–H groups in total. The summed E-state index contributed by atoms with van der Waals surface area (Å²) in [5, 5.41) is -0.165. The molecular formula is C14H18ClN5O4S. The molecule has 0 saturated heterocycles. The zero-order valence-corrected chi connectivity index (χ0v) is 15.5. The molecule has 0 fully saturated rings. The van der Waals surface area contributed by atoms with E-state index in [9.17, 15) is 18.0 Å². The van der Waals surface area contributed by atoms with Gasteiger partial charge in [-0.25, -0.2) is 17.9 Å². The van der Waals surface area contributed by atoms with Crippen LogP contribution in [0.2, 0.25) is 0 Å². The third-order valence-corrected chi connectivity index (χ3v) is 5.03. The number of fused-ring (bicyclic) bond motifs is 1. The van der Waals surface area contributed by atoms with Crippen molar-refractivity contribution >= 4 is 32.8 Å². The molecule has 2 aromatic rings. The maximum absolute atomic E-state index is 12.6. The van der Waals surface area contributed by atoms with Crippen LogP contribution in [0.15, 0.2) is 38.5 Å². The van der Waals surface area contributed by atoms with Gasteiger partial charge in [0.25, 0.3) is 15.6 Å². The van der Waals surface area contributed by atoms with Crippen LogP contribution in [0.3, 0.4) is 0 Å². The van der Waals surface area contributed by atoms with E-state index in [1.165, 1.54) is 19.2 Å². The summed E-state index contributed by atoms with van der Waals surface area (Å²) < 4.78 is 29.8. The van der Waals surface area contributed by atoms with Gasteiger partial charge in [0.2, 0.25) is 5.16 Å². The van der Waals surface area contributed by atoms with E-state index in [1.54, 1.807) is 13.8 Å². The molecule has 11 heteroatoms. The Morgan fingerprint density at radius 1 is 1.44 bits per heavy atom. The highest BCUT2D eigenvalue weighted by Crippen LogP contribution is 2.19. The van der Waals surface area contributed by atoms with Gasteiger partial charge in [0.15, 0.2) is 11.2 Å². The summed E-state index contributed by atoms with van der Waals surface area (Å²) in [4.78, 5) is 30.2. The van der Waals surface area contributed by atoms with E-state index in [0.717, 1.165) is 9.13 Å². The van der Waals surface area contributed by atoms with Crippen LogP contribution >= 0.6 is 11.6 Å². The second kappa shape index (κ2) is 6.98. The molecule has 0 amide bonds. The molecule has 25 heavy (non-hydrogen) atoms. The van der Waals surface area contributed by atoms with Gasteiger partial charge < -0.3 is 4.57 Å². The summed E-state index contributed by atoms with van der Waals surface area (Å²) in [6.07, 6.45) is 2.90. The van der Waals surface area contributed by atoms with Crippen LogP contribution in [0.25, 0.3) is 11.2 Å². The van der Waals surface area contributed by atoms with Crippen molar-refractivity contribution in [3.8, 4) is 0 Å². The van der Waals surface area contributed by atoms with Gasteiger partial charge in [-0.05, 0) is 19.9 Å². The number of rotatable bonds is 6. The van der Waals surface area contributed by atoms with Crippen LogP contribution < -0.4 is 16.0 Å². The highest BCUT2D eigenvalue weighted by Gasteiger charge is 2.27. The minimum absolute atomic E-state index is 0.0547. The minimum atomic E-state index is -4.04. The van der Waals surface area contributed by atoms with E-state index < -0.39 is 26.4 Å². The van der Waals surface area contributed by atoms with Crippen LogP contribution in [0.1, 0.15) is 13.8 Å². The molecule has 0 radical (unpaired) electrons. The first-order valence-corrected chi connectivity index (χ1v) is 9.13. The number of imidazole rings is 1. The van der Waals surface area contributed by atoms with Gasteiger partial charge in [-0.2, -0.15) is 4.98 Å². The SMILES string of the molecule is C=C/C=C(/Cl)Cn1c(S(=O)(=O)NC(C)C)nc2c1c(=O)[nH]c(=O)n2C. The van der Waals surface area contributed by atoms with Gasteiger partial charge in [-0.1, -0.05) is 24.3 Å². The molecular weight excluding hydrogens is 370 g/mol. The molecule has 0 saturated carbocycles. The van der Waals surface area contributed by atoms with Gasteiger partial charge in [-0.3, -0.25) is 14.3 Å². The fourth-order valence-corrected chi connectivity index (χ4v) is 3.85. The topological polar surface area (TPSA) is 119 Å². The lowest BCUT2D eigenvalue weighted by Crippen LogP contribution is -2.32. The number of nitrogens with zero attached hydrogens (tertiary/aromatic N) is 3. The summed E-state index contributed by atoms with van der Waals surface area (Å²) in [7, 11) is -2.66. The number of aryl methyl sites for hydroxylation is 1. The molecule has 0 aliphatic rings. The summed E-state index contributed by atoms with van der Waals surface area (Å²) in [6, 6.07) is -0.389. The van der Waals surface area contributed by atoms with E-state index >= 15 is 0 Å². The van der Waals surface area contributed by atoms with Crippen LogP contribution in [-0.4, -0.2) is 33.6 Å². The van der Waals surface area contributed by atoms with E-state index in [0.29, 0.717) is 0 Å². The molecule has 0 bridgehead atoms. The van der Waals surface area contributed by atoms with Crippen molar-refractivity contribution in [2.24, 2.45) is 7.05 Å². The lowest BCUT2D eigenvalue weighted by molar-refractivity contribution is 0.551. The van der Waals surface area contributed by atoms with Crippen LogP contribution in [0, 0.1) is 0 Å². The average molecular weight is 388 g/mol. The summed E-state index contributed by atoms with van der Waals surface area (Å²) >= 11 is 6.07. The number of aromatic nitrogens is 4. The molecule has 0 atom stereocenters. The number of nitrogens with one attached hydrogen (secondary N) is 2. The number of H-pyrrole nitrogens is 1. The molecule has 0 unspecified atom stereocenters. The highest BCUT2D eigenvalue weighted by molar-refractivity contribution is 7.89. The lowest BCUT2D eigenvalue weighted by Gasteiger charge is -2.11. The second-order valence-electron chi connectivity index (χ2n) is 5.60. The Morgan fingerprint density at radius 3 is 2.64 bits per heavy atom. The van der Waals surface area contributed by atoms with Gasteiger partial charge in [0.1, 0.15) is 0 Å². The number of allylic oxidation sites excluding steroid dienone is 3. The van der Waals surface area contributed by atoms with Crippen molar-refractivity contribution in [3.63, 3.8) is 0 Å². The second-order valence-corrected chi connectivity index (χ2v) is 7.69. The monoisotopic (exact) mass is 387 g/mol. The van der Waals surface area contributed by atoms with Crippen molar-refractivity contribution in [2.75, 3.05) is 0 Å². The quantitative estimate of drug-likeness (QED) is 0.696. The lowest BCUT2D eigenvalue weighted by atomic mass is 10.4. The Morgan fingerprint density at radius 2 is 2.08 bits per heavy atom. The smallest absolute Gasteiger partial charge is 0.302 e. The fraction of sp³-hybridized carbons (Fsp3) is 0.357. The predicted molar refractivity (Wildman–Crippen MR) is 95.2 cm³/mol. The Labute approximate surface area is 148 Å². The molecule has 136 valence electrons. The predicted octanol–water partition coefficient (Wildman–Crippen LogP) is 0.419. The third kappa shape index (κ3) is 3.75. The number of hydrogen-bond acceptors (Lipinski definition) is 5. The zero-order valence-electron chi connectivity index (χ0n) is 13.9. The Bertz CT molecular complexity index is 1080. The number of halogens is 1. The van der Waals surface area contributed by atoms with Crippen LogP contribution in [0.5, 0.6) is 0 Å². The minimum Gasteiger partial charge on any atom is -0.302 e. The van der Waals surface area contributed by atoms with Gasteiger partial charge >= 0.3 is 5.69 Å². The molecule has 2 rings (SSSR count). The van der Waals surface area contributed by atoms with Crippen molar-refractivity contribution in [2.45, 2.75) is 31.6 Å². The maximum atomic E-state index is 12.6. The van der Waals surface area contributed by atoms with Gasteiger partial charge in [0.05, 0.1) is 6.54 Å². The standard InChI is InChI=1S/C14H18ClN5O4S/c1-5-6-9(15)7-20-10-11(19(4)13(22)17-12(10)21)16-14(20)25(23,24)18-8(2)3/h5-6,8,18H,1,7H2,2-4H3,(H,17,21,22)/b9-6+. The van der Waals surface area contributed by atoms with E-state index in [4.69, 9.17) is 11.6 Å². The Balaban J connectivity index is 2.89. The van der Waals surface area contributed by atoms with Crippen LogP contribution in [0.4, 0.5) is 0 Å². The molecule has 0 aliphatic heterocycles. The first kappa shape index (κ1) is 19.2. The third-order valence-electron chi connectivity index (χ3n) is 3.21. The Hall–Kier alpha value is -2.17. The Kier molecular flexibility index (Phi) is 5.35. The summed E-state index contributed by atoms with van der Waals surface area (Å²) in [6.45, 7) is 6.69. The van der Waals surface area contributed by atoms with Crippen molar-refractivity contribution in [3.05, 3.63) is 44.6 Å². The molecule has 0 aromatic carbocycles. The molecule has 0 aliphatic carbocycles. The normalized spacial score (nSPS) is 12.9. The molecule has 0 spiro atoms. The number of aromatic amines is 1. The van der Waals surface area contributed by atoms with Crippen molar-refractivity contribution in [1.29, 1.82) is 0 Å². The maximum Gasteiger partial charge on any atom is 0.329 e. The average Bonchev–Trinajstić information content (AvgIpc) is 2.84. The van der Waals surface area contributed by atoms with Gasteiger partial charge in [-0.15, -0.1) is 0 Å². The van der Waals surface area contributed by atoms with E-state index in [2.05, 4.69) is 21.3 Å². The first-order chi connectivity index (χ1) is 11.6. The van der Waals surface area contributed by atoms with E-state index in [1.807, 2.05) is 0 Å². The van der Waals surface area contributed by atoms with Crippen molar-refractivity contribution in [1.82, 2.24) is 23.8 Å². The van der Waals surface area contributed by atoms with Gasteiger partial charge in [0, 0.05) is 18.1 Å². The van der Waals surface area contributed by atoms with Crippen molar-refractivity contribution < 1.29 is 8.42 Å². The first-order valence-electron chi connectivity index (χ1n) is 7.27. The number of hydrogen-bond donors (Lipinski definition) is 2. The number of sulfonamides is 1. The van der Waals surface area contributed by atoms with E-state index in [-0.39, 0.29) is 28.8 Å². The van der Waals surface area contributed by atoms with Crippen LogP contribution in [-0.2, 0) is 23.6 Å². The molecule has 9 nitrogen and oxygen atoms in total. The summed E-state index contributed by atoms with van der Waals surface area (Å²) in [5.74, 6) is 0. The highest BCUT2D eigenvalue weighted by atomic mass is 35.5. The summed E-state index contributed by atoms with van der Waals surface area (Å²) in [5.41, 5.74) is -1.57. The largest absolute Gasteiger partial charge is 0.329 e.